The van der Waals surface area contributed by atoms with Gasteiger partial charge in [0.15, 0.2) is 12.6 Å². The van der Waals surface area contributed by atoms with Crippen molar-refractivity contribution in [3.05, 3.63) is 0 Å². The normalized spacial score (nSPS) is 27.7. The third-order valence-corrected chi connectivity index (χ3v) is 13.5. The van der Waals surface area contributed by atoms with Gasteiger partial charge < -0.3 is 75.3 Å². The number of ether oxygens (including phenoxy) is 4. The molecule has 16 nitrogen and oxygen atoms in total. The SMILES string of the molecule is CCCCCCCCCCCCCCCCCCCCC(O)C(=O)NC(CO[C@@H]1OC(CO)[C@@H](O[C@@H]2OC(CO)[C@H](O)C(O)C2O)C(O)C1O)[C@H](O)C(O)CCCCCCCCCCCC. The molecule has 0 bridgehead atoms. The van der Waals surface area contributed by atoms with E-state index in [1.807, 2.05) is 0 Å². The van der Waals surface area contributed by atoms with Crippen LogP contribution in [0, 0.1) is 0 Å². The van der Waals surface area contributed by atoms with E-state index in [2.05, 4.69) is 19.2 Å². The molecule has 0 saturated carbocycles. The number of nitrogens with one attached hydrogen (secondary N) is 1. The van der Waals surface area contributed by atoms with E-state index >= 15 is 0 Å². The van der Waals surface area contributed by atoms with E-state index in [0.29, 0.717) is 12.8 Å². The Kier molecular flexibility index (Phi) is 34.9. The zero-order chi connectivity index (χ0) is 48.5. The van der Waals surface area contributed by atoms with Crippen molar-refractivity contribution in [1.29, 1.82) is 0 Å². The molecule has 2 saturated heterocycles. The van der Waals surface area contributed by atoms with Crippen LogP contribution in [0.15, 0.2) is 0 Å². The highest BCUT2D eigenvalue weighted by atomic mass is 16.7. The van der Waals surface area contributed by atoms with Gasteiger partial charge in [0.2, 0.25) is 5.91 Å². The molecule has 0 aromatic carbocycles. The maximum atomic E-state index is 13.3. The minimum atomic E-state index is -1.84. The summed E-state index contributed by atoms with van der Waals surface area (Å²) in [5.41, 5.74) is 0. The van der Waals surface area contributed by atoms with Crippen molar-refractivity contribution in [2.45, 2.75) is 292 Å². The molecule has 11 N–H and O–H groups in total. The lowest BCUT2D eigenvalue weighted by atomic mass is 9.97. The van der Waals surface area contributed by atoms with Crippen molar-refractivity contribution in [2.75, 3.05) is 19.8 Å². The van der Waals surface area contributed by atoms with Crippen LogP contribution in [0.5, 0.6) is 0 Å². The maximum Gasteiger partial charge on any atom is 0.249 e. The van der Waals surface area contributed by atoms with Gasteiger partial charge in [0.25, 0.3) is 0 Å². The molecule has 0 spiro atoms. The largest absolute Gasteiger partial charge is 0.394 e. The average molecular weight is 952 g/mol. The summed E-state index contributed by atoms with van der Waals surface area (Å²) in [4.78, 5) is 13.3. The number of aliphatic hydroxyl groups excluding tert-OH is 10. The molecule has 2 heterocycles. The summed E-state index contributed by atoms with van der Waals surface area (Å²) in [5, 5.41) is 108. The van der Waals surface area contributed by atoms with E-state index in [0.717, 1.165) is 44.9 Å². The fourth-order valence-electron chi connectivity index (χ4n) is 9.05. The van der Waals surface area contributed by atoms with Crippen molar-refractivity contribution in [2.24, 2.45) is 0 Å². The van der Waals surface area contributed by atoms with Crippen molar-refractivity contribution < 1.29 is 74.8 Å². The quantitative estimate of drug-likeness (QED) is 0.0363. The number of rotatable bonds is 41. The van der Waals surface area contributed by atoms with Crippen LogP contribution in [0.2, 0.25) is 0 Å². The minimum absolute atomic E-state index is 0.208. The van der Waals surface area contributed by atoms with Gasteiger partial charge in [-0.2, -0.15) is 0 Å². The van der Waals surface area contributed by atoms with Gasteiger partial charge >= 0.3 is 0 Å². The summed E-state index contributed by atoms with van der Waals surface area (Å²) >= 11 is 0. The van der Waals surface area contributed by atoms with Crippen LogP contribution in [0.3, 0.4) is 0 Å². The molecular weight excluding hydrogens is 855 g/mol. The van der Waals surface area contributed by atoms with Gasteiger partial charge in [-0.1, -0.05) is 194 Å². The van der Waals surface area contributed by atoms with Crippen LogP contribution in [0.4, 0.5) is 0 Å². The Balaban J connectivity index is 1.86. The fraction of sp³-hybridized carbons (Fsp3) is 0.980. The number of hydrogen-bond acceptors (Lipinski definition) is 15. The highest BCUT2D eigenvalue weighted by Gasteiger charge is 2.51. The average Bonchev–Trinajstić information content (AvgIpc) is 3.31. The summed E-state index contributed by atoms with van der Waals surface area (Å²) in [6, 6.07) is -1.27. The second-order valence-corrected chi connectivity index (χ2v) is 19.3. The van der Waals surface area contributed by atoms with Gasteiger partial charge in [-0.15, -0.1) is 0 Å². The molecule has 14 atom stereocenters. The van der Waals surface area contributed by atoms with E-state index < -0.39 is 111 Å². The van der Waals surface area contributed by atoms with Gasteiger partial charge in [0.05, 0.1) is 32.0 Å². The lowest BCUT2D eigenvalue weighted by molar-refractivity contribution is -0.359. The number of unbranched alkanes of at least 4 members (excludes halogenated alkanes) is 26. The number of carbonyl (C=O) groups excluding carboxylic acids is 1. The zero-order valence-electron chi connectivity index (χ0n) is 40.9. The van der Waals surface area contributed by atoms with Crippen LogP contribution in [-0.2, 0) is 23.7 Å². The second kappa shape index (κ2) is 37.7. The molecule has 9 unspecified atom stereocenters. The predicted octanol–water partition coefficient (Wildman–Crippen LogP) is 4.94. The first-order valence-corrected chi connectivity index (χ1v) is 26.5. The molecule has 16 heteroatoms. The highest BCUT2D eigenvalue weighted by molar-refractivity contribution is 5.80. The predicted molar refractivity (Wildman–Crippen MR) is 252 cm³/mol. The summed E-state index contributed by atoms with van der Waals surface area (Å²) in [6.07, 6.45) is 12.7. The molecule has 0 aromatic heterocycles. The van der Waals surface area contributed by atoms with Crippen LogP contribution in [-0.4, -0.2) is 163 Å². The van der Waals surface area contributed by atoms with E-state index in [4.69, 9.17) is 18.9 Å². The fourth-order valence-corrected chi connectivity index (χ4v) is 9.05. The zero-order valence-corrected chi connectivity index (χ0v) is 40.9. The molecule has 0 radical (unpaired) electrons. The Morgan fingerprint density at radius 1 is 0.500 bits per heavy atom. The van der Waals surface area contributed by atoms with Gasteiger partial charge in [0.1, 0.15) is 61.0 Å². The van der Waals surface area contributed by atoms with Gasteiger partial charge in [-0.05, 0) is 12.8 Å². The van der Waals surface area contributed by atoms with Crippen molar-refractivity contribution in [3.8, 4) is 0 Å². The van der Waals surface area contributed by atoms with Crippen LogP contribution in [0.1, 0.15) is 206 Å². The third kappa shape index (κ3) is 24.2. The Morgan fingerprint density at radius 2 is 0.894 bits per heavy atom. The summed E-state index contributed by atoms with van der Waals surface area (Å²) in [5.74, 6) is -0.757. The van der Waals surface area contributed by atoms with E-state index in [-0.39, 0.29) is 12.8 Å². The first kappa shape index (κ1) is 61.0. The standard InChI is InChI=1S/C50H97NO15/c1-3-5-7-9-11-13-15-16-17-18-19-20-21-22-24-26-28-30-32-38(55)48(62)51-36(41(56)37(54)31-29-27-25-23-14-12-10-8-6-4-2)35-63-49-46(61)44(59)47(40(34-53)65-49)66-50-45(60)43(58)42(57)39(33-52)64-50/h36-47,49-50,52-61H,3-35H2,1-2H3,(H,51,62)/t36?,37?,38?,39?,40?,41-,42-,43?,44?,45?,46?,47+,49+,50-/m0/s1. The summed E-state index contributed by atoms with van der Waals surface area (Å²) in [7, 11) is 0. The molecule has 2 aliphatic heterocycles. The highest BCUT2D eigenvalue weighted by Crippen LogP contribution is 2.30. The van der Waals surface area contributed by atoms with Crippen molar-refractivity contribution in [3.63, 3.8) is 0 Å². The lowest BCUT2D eigenvalue weighted by Gasteiger charge is -2.46. The summed E-state index contributed by atoms with van der Waals surface area (Å²) in [6.45, 7) is 2.41. The molecular formula is C50H97NO15. The molecule has 0 aromatic rings. The number of amides is 1. The number of aliphatic hydroxyl groups is 10. The Morgan fingerprint density at radius 3 is 1.33 bits per heavy atom. The van der Waals surface area contributed by atoms with Crippen LogP contribution in [0.25, 0.3) is 0 Å². The number of carbonyl (C=O) groups is 1. The Labute approximate surface area is 397 Å². The lowest BCUT2D eigenvalue weighted by Crippen LogP contribution is -2.65. The van der Waals surface area contributed by atoms with Crippen LogP contribution < -0.4 is 5.32 Å². The molecule has 0 aliphatic carbocycles. The minimum Gasteiger partial charge on any atom is -0.394 e. The molecule has 392 valence electrons. The topological polar surface area (TPSA) is 268 Å². The van der Waals surface area contributed by atoms with Crippen LogP contribution >= 0.6 is 0 Å². The third-order valence-electron chi connectivity index (χ3n) is 13.5. The van der Waals surface area contributed by atoms with Gasteiger partial charge in [0, 0.05) is 0 Å². The van der Waals surface area contributed by atoms with E-state index in [1.54, 1.807) is 0 Å². The monoisotopic (exact) mass is 952 g/mol. The van der Waals surface area contributed by atoms with Gasteiger partial charge in [-0.25, -0.2) is 0 Å². The molecule has 2 rings (SSSR count). The van der Waals surface area contributed by atoms with Crippen molar-refractivity contribution in [1.82, 2.24) is 5.32 Å². The summed E-state index contributed by atoms with van der Waals surface area (Å²) < 4.78 is 22.5. The van der Waals surface area contributed by atoms with E-state index in [1.165, 1.54) is 122 Å². The smallest absolute Gasteiger partial charge is 0.249 e. The van der Waals surface area contributed by atoms with Gasteiger partial charge in [-0.3, -0.25) is 4.79 Å². The second-order valence-electron chi connectivity index (χ2n) is 19.3. The Bertz CT molecular complexity index is 1160. The number of hydrogen-bond donors (Lipinski definition) is 11. The Hall–Kier alpha value is -1.09. The molecule has 2 fully saturated rings. The maximum absolute atomic E-state index is 13.3. The van der Waals surface area contributed by atoms with Crippen molar-refractivity contribution >= 4 is 5.91 Å². The molecule has 66 heavy (non-hydrogen) atoms. The molecule has 1 amide bonds. The first-order valence-electron chi connectivity index (χ1n) is 26.5. The molecule has 2 aliphatic rings. The van der Waals surface area contributed by atoms with E-state index in [9.17, 15) is 55.9 Å². The first-order chi connectivity index (χ1) is 31.9.